The molecule has 0 unspecified atom stereocenters. The van der Waals surface area contributed by atoms with Crippen molar-refractivity contribution in [1.82, 2.24) is 0 Å². The summed E-state index contributed by atoms with van der Waals surface area (Å²) < 4.78 is 4.34. The second-order valence-electron chi connectivity index (χ2n) is 3.47. The van der Waals surface area contributed by atoms with Gasteiger partial charge in [-0.25, -0.2) is 0 Å². The number of carbonyl (C=O) groups is 2. The minimum Gasteiger partial charge on any atom is -0.469 e. The Hall–Kier alpha value is -1.95. The van der Waals surface area contributed by atoms with Crippen molar-refractivity contribution in [3.05, 3.63) is 38.9 Å². The number of nitro benzene ring substituents is 1. The van der Waals surface area contributed by atoms with E-state index in [0.29, 0.717) is 0 Å². The topological polar surface area (TPSA) is 86.5 Å². The van der Waals surface area contributed by atoms with E-state index in [-0.39, 0.29) is 22.7 Å². The van der Waals surface area contributed by atoms with Crippen LogP contribution in [0, 0.1) is 10.1 Å². The van der Waals surface area contributed by atoms with E-state index in [4.69, 9.17) is 11.6 Å². The Morgan fingerprint density at radius 1 is 1.44 bits per heavy atom. The number of Topliss-reactive ketones (excluding diaryl/α,β-unsaturated/α-hetero) is 1. The first kappa shape index (κ1) is 14.1. The van der Waals surface area contributed by atoms with Crippen LogP contribution in [0.5, 0.6) is 0 Å². The standard InChI is InChI=1S/C11H10ClNO5/c1-18-10(15)6-8(14)5-7-3-2-4-9(12)11(7)13(16)17/h2-4H,5-6H2,1H3. The fourth-order valence-corrected chi connectivity index (χ4v) is 1.68. The van der Waals surface area contributed by atoms with Crippen molar-refractivity contribution >= 4 is 29.0 Å². The van der Waals surface area contributed by atoms with Crippen molar-refractivity contribution in [2.75, 3.05) is 7.11 Å². The summed E-state index contributed by atoms with van der Waals surface area (Å²) in [5.74, 6) is -1.14. The van der Waals surface area contributed by atoms with Gasteiger partial charge in [0.25, 0.3) is 5.69 Å². The molecular formula is C11H10ClNO5. The van der Waals surface area contributed by atoms with Crippen LogP contribution in [0.4, 0.5) is 5.69 Å². The molecule has 0 bridgehead atoms. The quantitative estimate of drug-likeness (QED) is 0.353. The van der Waals surface area contributed by atoms with Gasteiger partial charge in [-0.1, -0.05) is 23.7 Å². The van der Waals surface area contributed by atoms with Crippen molar-refractivity contribution < 1.29 is 19.2 Å². The number of rotatable bonds is 5. The number of esters is 1. The van der Waals surface area contributed by atoms with Gasteiger partial charge in [-0.3, -0.25) is 19.7 Å². The third-order valence-electron chi connectivity index (χ3n) is 2.21. The number of halogens is 1. The van der Waals surface area contributed by atoms with Gasteiger partial charge in [0, 0.05) is 12.0 Å². The number of methoxy groups -OCH3 is 1. The van der Waals surface area contributed by atoms with E-state index in [1.54, 1.807) is 0 Å². The Balaban J connectivity index is 2.91. The number of hydrogen-bond acceptors (Lipinski definition) is 5. The molecule has 0 radical (unpaired) electrons. The maximum Gasteiger partial charge on any atom is 0.313 e. The first-order valence-corrected chi connectivity index (χ1v) is 5.33. The van der Waals surface area contributed by atoms with Gasteiger partial charge < -0.3 is 4.74 Å². The van der Waals surface area contributed by atoms with E-state index >= 15 is 0 Å². The summed E-state index contributed by atoms with van der Waals surface area (Å²) in [4.78, 5) is 32.6. The molecule has 0 N–H and O–H groups in total. The lowest BCUT2D eigenvalue weighted by atomic mass is 10.1. The zero-order valence-electron chi connectivity index (χ0n) is 9.51. The Labute approximate surface area is 108 Å². The van der Waals surface area contributed by atoms with Crippen molar-refractivity contribution in [2.45, 2.75) is 12.8 Å². The number of hydrogen-bond donors (Lipinski definition) is 0. The summed E-state index contributed by atoms with van der Waals surface area (Å²) in [6, 6.07) is 4.31. The predicted octanol–water partition coefficient (Wildman–Crippen LogP) is 1.92. The zero-order valence-corrected chi connectivity index (χ0v) is 10.3. The average Bonchev–Trinajstić information content (AvgIpc) is 2.28. The third-order valence-corrected chi connectivity index (χ3v) is 2.51. The molecule has 0 fully saturated rings. The molecule has 1 aromatic rings. The Kier molecular flexibility index (Phi) is 4.79. The van der Waals surface area contributed by atoms with E-state index in [9.17, 15) is 19.7 Å². The molecule has 6 nitrogen and oxygen atoms in total. The van der Waals surface area contributed by atoms with Gasteiger partial charge in [0.2, 0.25) is 0 Å². The first-order valence-electron chi connectivity index (χ1n) is 4.96. The Morgan fingerprint density at radius 3 is 2.67 bits per heavy atom. The lowest BCUT2D eigenvalue weighted by molar-refractivity contribution is -0.385. The number of nitrogens with zero attached hydrogens (tertiary/aromatic N) is 1. The van der Waals surface area contributed by atoms with Crippen molar-refractivity contribution in [3.63, 3.8) is 0 Å². The normalized spacial score (nSPS) is 9.89. The van der Waals surface area contributed by atoms with Gasteiger partial charge in [0.05, 0.1) is 12.0 Å². The van der Waals surface area contributed by atoms with Crippen molar-refractivity contribution in [1.29, 1.82) is 0 Å². The third kappa shape index (κ3) is 3.53. The first-order chi connectivity index (χ1) is 8.45. The molecule has 0 spiro atoms. The predicted molar refractivity (Wildman–Crippen MR) is 63.5 cm³/mol. The van der Waals surface area contributed by atoms with E-state index < -0.39 is 23.1 Å². The van der Waals surface area contributed by atoms with Crippen LogP contribution in [0.15, 0.2) is 18.2 Å². The number of ketones is 1. The van der Waals surface area contributed by atoms with Crippen molar-refractivity contribution in [3.8, 4) is 0 Å². The average molecular weight is 272 g/mol. The smallest absolute Gasteiger partial charge is 0.313 e. The molecule has 18 heavy (non-hydrogen) atoms. The number of benzene rings is 1. The van der Waals surface area contributed by atoms with Crippen LogP contribution < -0.4 is 0 Å². The van der Waals surface area contributed by atoms with Gasteiger partial charge in [0.1, 0.15) is 17.2 Å². The highest BCUT2D eigenvalue weighted by atomic mass is 35.5. The van der Waals surface area contributed by atoms with E-state index in [1.165, 1.54) is 18.2 Å². The highest BCUT2D eigenvalue weighted by Gasteiger charge is 2.21. The van der Waals surface area contributed by atoms with Gasteiger partial charge in [-0.2, -0.15) is 0 Å². The molecule has 0 aromatic heterocycles. The number of nitro groups is 1. The SMILES string of the molecule is COC(=O)CC(=O)Cc1cccc(Cl)c1[N+](=O)[O-]. The van der Waals surface area contributed by atoms with E-state index in [0.717, 1.165) is 7.11 Å². The molecular weight excluding hydrogens is 262 g/mol. The van der Waals surface area contributed by atoms with Gasteiger partial charge in [-0.05, 0) is 6.07 Å². The molecule has 1 rings (SSSR count). The Bertz CT molecular complexity index is 500. The molecule has 0 aliphatic carbocycles. The fraction of sp³-hybridized carbons (Fsp3) is 0.273. The molecule has 1 aromatic carbocycles. The summed E-state index contributed by atoms with van der Waals surface area (Å²) in [6.07, 6.45) is -0.647. The van der Waals surface area contributed by atoms with Gasteiger partial charge in [0.15, 0.2) is 0 Å². The number of para-hydroxylation sites is 1. The minimum atomic E-state index is -0.676. The summed E-state index contributed by atoms with van der Waals surface area (Å²) in [5, 5.41) is 10.8. The van der Waals surface area contributed by atoms with Crippen molar-refractivity contribution in [2.24, 2.45) is 0 Å². The van der Waals surface area contributed by atoms with Crippen LogP contribution >= 0.6 is 11.6 Å². The molecule has 0 heterocycles. The highest BCUT2D eigenvalue weighted by molar-refractivity contribution is 6.32. The van der Waals surface area contributed by atoms with Crippen LogP contribution in [0.2, 0.25) is 5.02 Å². The van der Waals surface area contributed by atoms with E-state index in [1.807, 2.05) is 0 Å². The van der Waals surface area contributed by atoms with Crippen LogP contribution in [0.1, 0.15) is 12.0 Å². The maximum atomic E-state index is 11.5. The van der Waals surface area contributed by atoms with Crippen LogP contribution in [-0.4, -0.2) is 23.8 Å². The monoisotopic (exact) mass is 271 g/mol. The second kappa shape index (κ2) is 6.11. The largest absolute Gasteiger partial charge is 0.469 e. The lowest BCUT2D eigenvalue weighted by Crippen LogP contribution is -2.12. The molecule has 0 aliphatic heterocycles. The molecule has 0 aliphatic rings. The summed E-state index contributed by atoms with van der Waals surface area (Å²) in [6.45, 7) is 0. The minimum absolute atomic E-state index is 0.0385. The second-order valence-corrected chi connectivity index (χ2v) is 3.88. The molecule has 0 saturated carbocycles. The molecule has 0 saturated heterocycles. The number of carbonyl (C=O) groups excluding carboxylic acids is 2. The summed E-state index contributed by atoms with van der Waals surface area (Å²) in [7, 11) is 1.16. The van der Waals surface area contributed by atoms with E-state index in [2.05, 4.69) is 4.74 Å². The summed E-state index contributed by atoms with van der Waals surface area (Å²) >= 11 is 5.70. The molecule has 0 amide bonds. The van der Waals surface area contributed by atoms with Gasteiger partial charge in [-0.15, -0.1) is 0 Å². The summed E-state index contributed by atoms with van der Waals surface area (Å²) in [5.41, 5.74) is -0.126. The molecule has 96 valence electrons. The molecule has 7 heteroatoms. The van der Waals surface area contributed by atoms with Crippen LogP contribution in [-0.2, 0) is 20.7 Å². The zero-order chi connectivity index (χ0) is 13.7. The fourth-order valence-electron chi connectivity index (χ4n) is 1.42. The van der Waals surface area contributed by atoms with Gasteiger partial charge >= 0.3 is 5.97 Å². The molecule has 0 atom stereocenters. The Morgan fingerprint density at radius 2 is 2.11 bits per heavy atom. The van der Waals surface area contributed by atoms with Crippen LogP contribution in [0.3, 0.4) is 0 Å². The van der Waals surface area contributed by atoms with Crippen LogP contribution in [0.25, 0.3) is 0 Å². The lowest BCUT2D eigenvalue weighted by Gasteiger charge is -2.03. The maximum absolute atomic E-state index is 11.5. The highest BCUT2D eigenvalue weighted by Crippen LogP contribution is 2.28. The number of ether oxygens (including phenoxy) is 1.